The number of hydrogen-bond donors (Lipinski definition) is 2. The molecule has 1 aromatic heterocycles. The van der Waals surface area contributed by atoms with Crippen LogP contribution in [0.2, 0.25) is 0 Å². The van der Waals surface area contributed by atoms with E-state index in [2.05, 4.69) is 25.8 Å². The fraction of sp³-hybridized carbons (Fsp3) is 0.800. The van der Waals surface area contributed by atoms with Gasteiger partial charge >= 0.3 is 0 Å². The second-order valence-corrected chi connectivity index (χ2v) is 6.35. The van der Waals surface area contributed by atoms with Gasteiger partial charge in [0.2, 0.25) is 0 Å². The molecular weight excluding hydrogens is 367 g/mol. The first-order valence-corrected chi connectivity index (χ1v) is 8.46. The number of carbonyl (C=O) groups is 1. The van der Waals surface area contributed by atoms with E-state index in [4.69, 9.17) is 4.74 Å². The lowest BCUT2D eigenvalue weighted by atomic mass is 10.1. The summed E-state index contributed by atoms with van der Waals surface area (Å²) >= 11 is 0. The molecule has 2 fully saturated rings. The molecule has 0 saturated carbocycles. The highest BCUT2D eigenvalue weighted by molar-refractivity contribution is 5.92. The van der Waals surface area contributed by atoms with Gasteiger partial charge in [0.1, 0.15) is 0 Å². The predicted molar refractivity (Wildman–Crippen MR) is 99.8 cm³/mol. The standard InChI is InChI=1S/C15H26N6O2.2ClH/c1-12(10-20-6-8-23-9-7-20)17-15(22)14-11-21(19-18-14)13-2-4-16-5-3-13;;/h11-13,16H,2-10H2,1H3,(H,17,22);2*1H. The highest BCUT2D eigenvalue weighted by Gasteiger charge is 2.20. The Hall–Kier alpha value is -0.930. The lowest BCUT2D eigenvalue weighted by Gasteiger charge is -2.29. The van der Waals surface area contributed by atoms with Crippen molar-refractivity contribution in [3.63, 3.8) is 0 Å². The number of aromatic nitrogens is 3. The topological polar surface area (TPSA) is 84.3 Å². The van der Waals surface area contributed by atoms with Crippen LogP contribution in [0, 0.1) is 0 Å². The summed E-state index contributed by atoms with van der Waals surface area (Å²) in [6.07, 6.45) is 3.82. The summed E-state index contributed by atoms with van der Waals surface area (Å²) in [5.41, 5.74) is 0.400. The summed E-state index contributed by atoms with van der Waals surface area (Å²) in [7, 11) is 0. The number of carbonyl (C=O) groups excluding carboxylic acids is 1. The number of halogens is 2. The van der Waals surface area contributed by atoms with Crippen molar-refractivity contribution in [1.29, 1.82) is 0 Å². The maximum absolute atomic E-state index is 12.3. The van der Waals surface area contributed by atoms with Crippen molar-refractivity contribution in [2.45, 2.75) is 31.8 Å². The van der Waals surface area contributed by atoms with Crippen LogP contribution in [0.15, 0.2) is 6.20 Å². The summed E-state index contributed by atoms with van der Waals surface area (Å²) in [6, 6.07) is 0.417. The first-order chi connectivity index (χ1) is 11.2. The van der Waals surface area contributed by atoms with E-state index in [9.17, 15) is 4.79 Å². The van der Waals surface area contributed by atoms with Crippen molar-refractivity contribution >= 4 is 30.7 Å². The Labute approximate surface area is 160 Å². The van der Waals surface area contributed by atoms with Crippen molar-refractivity contribution < 1.29 is 9.53 Å². The summed E-state index contributed by atoms with van der Waals surface area (Å²) in [5.74, 6) is -0.147. The largest absolute Gasteiger partial charge is 0.379 e. The van der Waals surface area contributed by atoms with Crippen LogP contribution in [0.3, 0.4) is 0 Å². The number of piperidine rings is 1. The van der Waals surface area contributed by atoms with E-state index in [0.29, 0.717) is 11.7 Å². The van der Waals surface area contributed by atoms with Gasteiger partial charge in [0.25, 0.3) is 5.91 Å². The van der Waals surface area contributed by atoms with E-state index in [0.717, 1.165) is 58.8 Å². The fourth-order valence-electron chi connectivity index (χ4n) is 3.14. The highest BCUT2D eigenvalue weighted by atomic mass is 35.5. The van der Waals surface area contributed by atoms with Crippen molar-refractivity contribution in [3.05, 3.63) is 11.9 Å². The van der Waals surface area contributed by atoms with Crippen molar-refractivity contribution in [2.24, 2.45) is 0 Å². The van der Waals surface area contributed by atoms with E-state index in [1.165, 1.54) is 0 Å². The lowest BCUT2D eigenvalue weighted by molar-refractivity contribution is 0.0342. The Balaban J connectivity index is 0.00000156. The molecule has 8 nitrogen and oxygen atoms in total. The van der Waals surface area contributed by atoms with E-state index in [-0.39, 0.29) is 36.8 Å². The average molecular weight is 395 g/mol. The van der Waals surface area contributed by atoms with Gasteiger partial charge in [0.05, 0.1) is 25.5 Å². The second-order valence-electron chi connectivity index (χ2n) is 6.35. The Bertz CT molecular complexity index is 518. The minimum atomic E-state index is -0.147. The van der Waals surface area contributed by atoms with Gasteiger partial charge in [-0.05, 0) is 32.9 Å². The molecule has 3 heterocycles. The van der Waals surface area contributed by atoms with Gasteiger partial charge in [-0.2, -0.15) is 0 Å². The van der Waals surface area contributed by atoms with Crippen LogP contribution in [0.1, 0.15) is 36.3 Å². The number of rotatable bonds is 5. The number of hydrogen-bond acceptors (Lipinski definition) is 6. The SMILES string of the molecule is CC(CN1CCOCC1)NC(=O)c1cn(C2CCNCC2)nn1.Cl.Cl. The van der Waals surface area contributed by atoms with E-state index >= 15 is 0 Å². The average Bonchev–Trinajstić information content (AvgIpc) is 3.06. The van der Waals surface area contributed by atoms with E-state index in [1.807, 2.05) is 11.6 Å². The zero-order chi connectivity index (χ0) is 16.1. The van der Waals surface area contributed by atoms with Crippen LogP contribution in [-0.2, 0) is 4.74 Å². The Morgan fingerprint density at radius 3 is 2.72 bits per heavy atom. The summed E-state index contributed by atoms with van der Waals surface area (Å²) < 4.78 is 7.17. The van der Waals surface area contributed by atoms with Gasteiger partial charge in [0.15, 0.2) is 5.69 Å². The van der Waals surface area contributed by atoms with Crippen LogP contribution in [-0.4, -0.2) is 77.8 Å². The molecule has 0 aliphatic carbocycles. The van der Waals surface area contributed by atoms with E-state index < -0.39 is 0 Å². The molecular formula is C15H28Cl2N6O2. The highest BCUT2D eigenvalue weighted by Crippen LogP contribution is 2.17. The molecule has 25 heavy (non-hydrogen) atoms. The predicted octanol–water partition coefficient (Wildman–Crippen LogP) is 0.497. The molecule has 2 aliphatic heterocycles. The van der Waals surface area contributed by atoms with Gasteiger partial charge in [0, 0.05) is 25.7 Å². The van der Waals surface area contributed by atoms with Gasteiger partial charge in [-0.1, -0.05) is 5.21 Å². The van der Waals surface area contributed by atoms with Crippen LogP contribution >= 0.6 is 24.8 Å². The van der Waals surface area contributed by atoms with E-state index in [1.54, 1.807) is 6.20 Å². The number of nitrogens with one attached hydrogen (secondary N) is 2. The molecule has 144 valence electrons. The van der Waals surface area contributed by atoms with Crippen molar-refractivity contribution in [3.8, 4) is 0 Å². The van der Waals surface area contributed by atoms with Crippen molar-refractivity contribution in [2.75, 3.05) is 45.9 Å². The third-order valence-electron chi connectivity index (χ3n) is 4.44. The molecule has 10 heteroatoms. The van der Waals surface area contributed by atoms with Gasteiger partial charge in [-0.15, -0.1) is 29.9 Å². The Morgan fingerprint density at radius 2 is 2.04 bits per heavy atom. The quantitative estimate of drug-likeness (QED) is 0.756. The van der Waals surface area contributed by atoms with Gasteiger partial charge < -0.3 is 15.4 Å². The summed E-state index contributed by atoms with van der Waals surface area (Å²) in [5, 5.41) is 14.5. The number of amides is 1. The number of ether oxygens (including phenoxy) is 1. The number of nitrogens with zero attached hydrogens (tertiary/aromatic N) is 4. The molecule has 1 atom stereocenters. The third kappa shape index (κ3) is 6.38. The van der Waals surface area contributed by atoms with Crippen molar-refractivity contribution in [1.82, 2.24) is 30.5 Å². The Kier molecular flexibility index (Phi) is 9.66. The zero-order valence-corrected chi connectivity index (χ0v) is 16.2. The van der Waals surface area contributed by atoms with Crippen LogP contribution < -0.4 is 10.6 Å². The van der Waals surface area contributed by atoms with Gasteiger partial charge in [-0.25, -0.2) is 4.68 Å². The minimum Gasteiger partial charge on any atom is -0.379 e. The second kappa shape index (κ2) is 10.9. The minimum absolute atomic E-state index is 0. The van der Waals surface area contributed by atoms with Gasteiger partial charge in [-0.3, -0.25) is 9.69 Å². The molecule has 1 amide bonds. The lowest BCUT2D eigenvalue weighted by Crippen LogP contribution is -2.46. The third-order valence-corrected chi connectivity index (χ3v) is 4.44. The molecule has 2 N–H and O–H groups in total. The maximum Gasteiger partial charge on any atom is 0.273 e. The molecule has 0 bridgehead atoms. The molecule has 0 spiro atoms. The smallest absolute Gasteiger partial charge is 0.273 e. The fourth-order valence-corrected chi connectivity index (χ4v) is 3.14. The monoisotopic (exact) mass is 394 g/mol. The molecule has 0 aromatic carbocycles. The molecule has 1 aromatic rings. The normalized spacial score (nSPS) is 20.2. The number of morpholine rings is 1. The molecule has 2 aliphatic rings. The summed E-state index contributed by atoms with van der Waals surface area (Å²) in [4.78, 5) is 14.6. The first-order valence-electron chi connectivity index (χ1n) is 8.46. The molecule has 0 radical (unpaired) electrons. The summed E-state index contributed by atoms with van der Waals surface area (Å²) in [6.45, 7) is 8.21. The maximum atomic E-state index is 12.3. The molecule has 3 rings (SSSR count). The zero-order valence-electron chi connectivity index (χ0n) is 14.5. The first kappa shape index (κ1) is 22.1. The van der Waals surface area contributed by atoms with Crippen LogP contribution in [0.25, 0.3) is 0 Å². The molecule has 2 saturated heterocycles. The Morgan fingerprint density at radius 1 is 1.36 bits per heavy atom. The molecule has 1 unspecified atom stereocenters. The van der Waals surface area contributed by atoms with Crippen LogP contribution in [0.4, 0.5) is 0 Å². The van der Waals surface area contributed by atoms with Crippen LogP contribution in [0.5, 0.6) is 0 Å².